The molecule has 8 nitrogen and oxygen atoms in total. The molecule has 2 aliphatic heterocycles. The minimum Gasteiger partial charge on any atom is -0.337 e. The van der Waals surface area contributed by atoms with Gasteiger partial charge in [0, 0.05) is 25.4 Å². The minimum atomic E-state index is -2.86. The summed E-state index contributed by atoms with van der Waals surface area (Å²) in [6.45, 7) is 3.84. The van der Waals surface area contributed by atoms with E-state index in [2.05, 4.69) is 15.0 Å². The van der Waals surface area contributed by atoms with Gasteiger partial charge in [0.2, 0.25) is 11.8 Å². The van der Waals surface area contributed by atoms with Crippen LogP contribution >= 0.6 is 0 Å². The van der Waals surface area contributed by atoms with Gasteiger partial charge >= 0.3 is 0 Å². The molecule has 0 radical (unpaired) electrons. The molecule has 3 heterocycles. The van der Waals surface area contributed by atoms with Gasteiger partial charge in [0.05, 0.1) is 18.1 Å². The first-order valence-corrected chi connectivity index (χ1v) is 10.7. The number of piperidine rings is 1. The maximum absolute atomic E-state index is 12.6. The number of carbonyl (C=O) groups is 1. The Bertz CT molecular complexity index is 709. The Labute approximate surface area is 148 Å². The highest BCUT2D eigenvalue weighted by Crippen LogP contribution is 2.25. The molecule has 2 saturated heterocycles. The Balaban J connectivity index is 1.49. The van der Waals surface area contributed by atoms with Gasteiger partial charge in [-0.1, -0.05) is 12.1 Å². The lowest BCUT2D eigenvalue weighted by atomic mass is 9.94. The zero-order valence-electron chi connectivity index (χ0n) is 14.8. The Hall–Kier alpha value is -1.48. The van der Waals surface area contributed by atoms with Crippen molar-refractivity contribution in [1.29, 1.82) is 0 Å². The minimum absolute atomic E-state index is 0.0205. The van der Waals surface area contributed by atoms with Crippen LogP contribution in [-0.2, 0) is 27.6 Å². The number of hydrogen-bond donors (Lipinski definition) is 0. The molecule has 1 aromatic rings. The summed E-state index contributed by atoms with van der Waals surface area (Å²) < 4.78 is 28.4. The van der Waals surface area contributed by atoms with Crippen molar-refractivity contribution in [3.63, 3.8) is 0 Å². The van der Waals surface area contributed by atoms with Crippen molar-refractivity contribution in [3.05, 3.63) is 11.7 Å². The van der Waals surface area contributed by atoms with Crippen molar-refractivity contribution in [3.8, 4) is 0 Å². The van der Waals surface area contributed by atoms with Crippen LogP contribution < -0.4 is 0 Å². The average Bonchev–Trinajstić information content (AvgIpc) is 3.20. The summed E-state index contributed by atoms with van der Waals surface area (Å²) in [7, 11) is -1.11. The van der Waals surface area contributed by atoms with E-state index in [1.54, 1.807) is 11.9 Å². The highest BCUT2D eigenvalue weighted by molar-refractivity contribution is 7.91. The SMILES string of the molecule is CCc1noc(CN(C)C(=O)C2CCN(C3CCS(=O)(=O)C3)CC2)n1. The third-order valence-corrected chi connectivity index (χ3v) is 6.93. The lowest BCUT2D eigenvalue weighted by molar-refractivity contribution is -0.136. The van der Waals surface area contributed by atoms with Crippen LogP contribution in [-0.4, -0.2) is 72.0 Å². The Kier molecular flexibility index (Phi) is 5.43. The summed E-state index contributed by atoms with van der Waals surface area (Å²) in [4.78, 5) is 20.8. The van der Waals surface area contributed by atoms with Gasteiger partial charge in [-0.3, -0.25) is 9.69 Å². The molecule has 0 aliphatic carbocycles. The third kappa shape index (κ3) is 4.38. The predicted molar refractivity (Wildman–Crippen MR) is 91.5 cm³/mol. The van der Waals surface area contributed by atoms with E-state index >= 15 is 0 Å². The molecule has 1 aromatic heterocycles. The summed E-state index contributed by atoms with van der Waals surface area (Å²) in [5, 5.41) is 3.85. The van der Waals surface area contributed by atoms with Crippen LogP contribution in [0.3, 0.4) is 0 Å². The van der Waals surface area contributed by atoms with Crippen molar-refractivity contribution in [2.24, 2.45) is 5.92 Å². The van der Waals surface area contributed by atoms with Crippen LogP contribution in [0.2, 0.25) is 0 Å². The van der Waals surface area contributed by atoms with Crippen molar-refractivity contribution in [1.82, 2.24) is 19.9 Å². The van der Waals surface area contributed by atoms with Crippen LogP contribution in [0.4, 0.5) is 0 Å². The highest BCUT2D eigenvalue weighted by atomic mass is 32.2. The molecule has 9 heteroatoms. The van der Waals surface area contributed by atoms with E-state index in [0.717, 1.165) is 32.4 Å². The van der Waals surface area contributed by atoms with Crippen molar-refractivity contribution < 1.29 is 17.7 Å². The highest BCUT2D eigenvalue weighted by Gasteiger charge is 2.35. The molecule has 2 fully saturated rings. The van der Waals surface area contributed by atoms with Crippen LogP contribution in [0.1, 0.15) is 37.9 Å². The summed E-state index contributed by atoms with van der Waals surface area (Å²) in [6, 6.07) is 0.129. The molecular weight excluding hydrogens is 344 g/mol. The fourth-order valence-corrected chi connectivity index (χ4v) is 5.43. The van der Waals surface area contributed by atoms with Crippen molar-refractivity contribution >= 4 is 15.7 Å². The van der Waals surface area contributed by atoms with Crippen LogP contribution in [0, 0.1) is 5.92 Å². The van der Waals surface area contributed by atoms with Crippen LogP contribution in [0.25, 0.3) is 0 Å². The number of carbonyl (C=O) groups excluding carboxylic acids is 1. The molecule has 2 aliphatic rings. The molecule has 1 atom stereocenters. The Morgan fingerprint density at radius 2 is 2.04 bits per heavy atom. The lowest BCUT2D eigenvalue weighted by Crippen LogP contribution is -2.45. The zero-order chi connectivity index (χ0) is 18.0. The molecule has 140 valence electrons. The molecule has 0 saturated carbocycles. The van der Waals surface area contributed by atoms with E-state index in [0.29, 0.717) is 30.4 Å². The lowest BCUT2D eigenvalue weighted by Gasteiger charge is -2.36. The van der Waals surface area contributed by atoms with E-state index < -0.39 is 9.84 Å². The number of aromatic nitrogens is 2. The average molecular weight is 370 g/mol. The number of amides is 1. The summed E-state index contributed by atoms with van der Waals surface area (Å²) in [5.74, 6) is 1.74. The van der Waals surface area contributed by atoms with Crippen LogP contribution in [0.15, 0.2) is 4.52 Å². The molecule has 3 rings (SSSR count). The normalized spacial score (nSPS) is 24.5. The van der Waals surface area contributed by atoms with E-state index in [9.17, 15) is 13.2 Å². The number of nitrogens with zero attached hydrogens (tertiary/aromatic N) is 4. The Morgan fingerprint density at radius 1 is 1.32 bits per heavy atom. The molecule has 0 aromatic carbocycles. The largest absolute Gasteiger partial charge is 0.337 e. The quantitative estimate of drug-likeness (QED) is 0.744. The molecule has 0 bridgehead atoms. The molecule has 0 N–H and O–H groups in total. The fraction of sp³-hybridized carbons (Fsp3) is 0.812. The topological polar surface area (TPSA) is 96.6 Å². The van der Waals surface area contributed by atoms with Crippen molar-refractivity contribution in [2.45, 2.75) is 45.2 Å². The van der Waals surface area contributed by atoms with Gasteiger partial charge in [0.25, 0.3) is 0 Å². The van der Waals surface area contributed by atoms with Gasteiger partial charge in [0.1, 0.15) is 0 Å². The number of likely N-dealkylation sites (tertiary alicyclic amines) is 1. The number of aryl methyl sites for hydroxylation is 1. The monoisotopic (exact) mass is 370 g/mol. The molecule has 1 amide bonds. The second kappa shape index (κ2) is 7.41. The number of hydrogen-bond acceptors (Lipinski definition) is 7. The fourth-order valence-electron chi connectivity index (χ4n) is 3.67. The van der Waals surface area contributed by atoms with Crippen LogP contribution in [0.5, 0.6) is 0 Å². The summed E-state index contributed by atoms with van der Waals surface area (Å²) in [5.41, 5.74) is 0. The first-order chi connectivity index (χ1) is 11.9. The molecule has 0 spiro atoms. The second-order valence-corrected chi connectivity index (χ2v) is 9.25. The van der Waals surface area contributed by atoms with Gasteiger partial charge < -0.3 is 9.42 Å². The smallest absolute Gasteiger partial charge is 0.246 e. The predicted octanol–water partition coefficient (Wildman–Crippen LogP) is 0.490. The van der Waals surface area contributed by atoms with Gasteiger partial charge in [0.15, 0.2) is 15.7 Å². The standard InChI is InChI=1S/C16H26N4O4S/c1-3-14-17-15(24-18-14)10-19(2)16(21)12-4-7-20(8-5-12)13-6-9-25(22,23)11-13/h12-13H,3-11H2,1-2H3. The van der Waals surface area contributed by atoms with Gasteiger partial charge in [-0.15, -0.1) is 0 Å². The number of sulfone groups is 1. The summed E-state index contributed by atoms with van der Waals surface area (Å²) >= 11 is 0. The number of rotatable bonds is 5. The molecule has 1 unspecified atom stereocenters. The molecular formula is C16H26N4O4S. The van der Waals surface area contributed by atoms with Gasteiger partial charge in [-0.05, 0) is 32.4 Å². The first-order valence-electron chi connectivity index (χ1n) is 8.89. The van der Waals surface area contributed by atoms with E-state index in [1.165, 1.54) is 0 Å². The maximum Gasteiger partial charge on any atom is 0.246 e. The first kappa shape index (κ1) is 18.3. The third-order valence-electron chi connectivity index (χ3n) is 5.18. The second-order valence-electron chi connectivity index (χ2n) is 7.02. The van der Waals surface area contributed by atoms with E-state index in [-0.39, 0.29) is 23.6 Å². The Morgan fingerprint density at radius 3 is 2.60 bits per heavy atom. The molecule has 25 heavy (non-hydrogen) atoms. The van der Waals surface area contributed by atoms with E-state index in [1.807, 2.05) is 6.92 Å². The van der Waals surface area contributed by atoms with Gasteiger partial charge in [-0.25, -0.2) is 8.42 Å². The van der Waals surface area contributed by atoms with Gasteiger partial charge in [-0.2, -0.15) is 4.98 Å². The van der Waals surface area contributed by atoms with Crippen molar-refractivity contribution in [2.75, 3.05) is 31.6 Å². The maximum atomic E-state index is 12.6. The zero-order valence-corrected chi connectivity index (χ0v) is 15.7. The summed E-state index contributed by atoms with van der Waals surface area (Å²) in [6.07, 6.45) is 2.96. The van der Waals surface area contributed by atoms with E-state index in [4.69, 9.17) is 4.52 Å².